The number of aliphatic hydroxyl groups is 1. The van der Waals surface area contributed by atoms with Gasteiger partial charge in [-0.3, -0.25) is 0 Å². The molecule has 1 heterocycles. The van der Waals surface area contributed by atoms with Crippen molar-refractivity contribution in [2.24, 2.45) is 34.5 Å². The van der Waals surface area contributed by atoms with Crippen LogP contribution in [0.5, 0.6) is 0 Å². The van der Waals surface area contributed by atoms with Crippen molar-refractivity contribution in [3.63, 3.8) is 0 Å². The second-order valence-electron chi connectivity index (χ2n) is 10.2. The second kappa shape index (κ2) is 6.32. The average molecular weight is 383 g/mol. The Bertz CT molecular complexity index is 774. The summed E-state index contributed by atoms with van der Waals surface area (Å²) in [6, 6.07) is 2.33. The molecular weight excluding hydrogens is 348 g/mol. The van der Waals surface area contributed by atoms with E-state index in [-0.39, 0.29) is 6.10 Å². The fraction of sp³-hybridized carbons (Fsp3) is 0.680. The largest absolute Gasteiger partial charge is 0.393 e. The monoisotopic (exact) mass is 382 g/mol. The van der Waals surface area contributed by atoms with E-state index in [1.165, 1.54) is 37.7 Å². The molecule has 0 radical (unpaired) electrons. The Morgan fingerprint density at radius 2 is 1.96 bits per heavy atom. The summed E-state index contributed by atoms with van der Waals surface area (Å²) in [5.41, 5.74) is 5.41. The predicted molar refractivity (Wildman–Crippen MR) is 115 cm³/mol. The lowest BCUT2D eigenvalue weighted by atomic mass is 9.45. The lowest BCUT2D eigenvalue weighted by molar-refractivity contribution is -0.0464. The van der Waals surface area contributed by atoms with Crippen molar-refractivity contribution in [1.82, 2.24) is 0 Å². The molecule has 4 aliphatic carbocycles. The highest BCUT2D eigenvalue weighted by Crippen LogP contribution is 2.67. The number of allylic oxidation sites excluding steroid dienone is 3. The maximum absolute atomic E-state index is 10.3. The van der Waals surface area contributed by atoms with Gasteiger partial charge in [-0.05, 0) is 107 Å². The van der Waals surface area contributed by atoms with Gasteiger partial charge in [0.2, 0.25) is 0 Å². The summed E-state index contributed by atoms with van der Waals surface area (Å²) in [6.07, 6.45) is 13.4. The second-order valence-corrected chi connectivity index (χ2v) is 11.0. The molecule has 27 heavy (non-hydrogen) atoms. The van der Waals surface area contributed by atoms with Gasteiger partial charge in [0.25, 0.3) is 0 Å². The molecule has 5 rings (SSSR count). The number of aliphatic hydroxyl groups excluding tert-OH is 1. The van der Waals surface area contributed by atoms with E-state index in [1.807, 2.05) is 11.3 Å². The van der Waals surface area contributed by atoms with Crippen LogP contribution in [0.15, 0.2) is 34.6 Å². The Hall–Kier alpha value is -0.860. The minimum absolute atomic E-state index is 0.106. The zero-order chi connectivity index (χ0) is 18.8. The molecule has 7 atom stereocenters. The predicted octanol–water partition coefficient (Wildman–Crippen LogP) is 6.70. The van der Waals surface area contributed by atoms with E-state index in [9.17, 15) is 5.11 Å². The van der Waals surface area contributed by atoms with Gasteiger partial charge >= 0.3 is 0 Å². The molecule has 2 fully saturated rings. The van der Waals surface area contributed by atoms with Gasteiger partial charge in [-0.1, -0.05) is 38.5 Å². The van der Waals surface area contributed by atoms with E-state index in [0.29, 0.717) is 16.7 Å². The van der Waals surface area contributed by atoms with Gasteiger partial charge in [0, 0.05) is 0 Å². The van der Waals surface area contributed by atoms with E-state index in [0.717, 1.165) is 30.6 Å². The number of fused-ring (bicyclic) bond motifs is 5. The van der Waals surface area contributed by atoms with Gasteiger partial charge in [0.1, 0.15) is 0 Å². The molecule has 1 aromatic rings. The molecule has 0 aromatic carbocycles. The van der Waals surface area contributed by atoms with Crippen LogP contribution in [0.1, 0.15) is 71.3 Å². The molecule has 2 heteroatoms. The van der Waals surface area contributed by atoms with Gasteiger partial charge in [-0.2, -0.15) is 11.3 Å². The Kier molecular flexibility index (Phi) is 4.26. The van der Waals surface area contributed by atoms with Crippen LogP contribution in [0.25, 0.3) is 5.57 Å². The highest BCUT2D eigenvalue weighted by molar-refractivity contribution is 7.08. The number of hydrogen-bond donors (Lipinski definition) is 1. The molecule has 0 spiro atoms. The third kappa shape index (κ3) is 2.52. The summed E-state index contributed by atoms with van der Waals surface area (Å²) in [6.45, 7) is 7.50. The first kappa shape index (κ1) is 18.2. The zero-order valence-electron chi connectivity index (χ0n) is 17.1. The molecule has 1 N–H and O–H groups in total. The Morgan fingerprint density at radius 1 is 1.15 bits per heavy atom. The SMILES string of the molecule is CCC1C=C2CC(O)CC[C@]2(C)[C@@H]2CC[C@]3(C)C(c4ccsc4)=CC[C@H]3[C@H]12. The quantitative estimate of drug-likeness (QED) is 0.564. The van der Waals surface area contributed by atoms with Gasteiger partial charge in [-0.15, -0.1) is 0 Å². The van der Waals surface area contributed by atoms with Crippen molar-refractivity contribution in [3.05, 3.63) is 40.1 Å². The van der Waals surface area contributed by atoms with Crippen molar-refractivity contribution in [1.29, 1.82) is 0 Å². The lowest BCUT2D eigenvalue weighted by Crippen LogP contribution is -2.52. The summed E-state index contributed by atoms with van der Waals surface area (Å²) in [5, 5.41) is 14.9. The fourth-order valence-electron chi connectivity index (χ4n) is 7.63. The van der Waals surface area contributed by atoms with E-state index in [4.69, 9.17) is 0 Å². The molecule has 1 nitrogen and oxygen atoms in total. The van der Waals surface area contributed by atoms with Gasteiger partial charge in [0.05, 0.1) is 6.10 Å². The molecule has 0 bridgehead atoms. The zero-order valence-corrected chi connectivity index (χ0v) is 17.9. The highest BCUT2D eigenvalue weighted by Gasteiger charge is 2.58. The summed E-state index contributed by atoms with van der Waals surface area (Å²) in [5.74, 6) is 3.11. The smallest absolute Gasteiger partial charge is 0.0577 e. The highest BCUT2D eigenvalue weighted by atomic mass is 32.1. The minimum atomic E-state index is -0.106. The summed E-state index contributed by atoms with van der Waals surface area (Å²) in [7, 11) is 0. The maximum atomic E-state index is 10.3. The Morgan fingerprint density at radius 3 is 2.70 bits per heavy atom. The van der Waals surface area contributed by atoms with Crippen LogP contribution in [0.2, 0.25) is 0 Å². The number of hydrogen-bond acceptors (Lipinski definition) is 2. The van der Waals surface area contributed by atoms with Crippen molar-refractivity contribution in [2.75, 3.05) is 0 Å². The molecule has 0 aliphatic heterocycles. The molecular formula is C25H34OS. The van der Waals surface area contributed by atoms with Crippen molar-refractivity contribution in [3.8, 4) is 0 Å². The van der Waals surface area contributed by atoms with Gasteiger partial charge in [-0.25, -0.2) is 0 Å². The maximum Gasteiger partial charge on any atom is 0.0577 e. The first-order valence-corrected chi connectivity index (χ1v) is 12.0. The van der Waals surface area contributed by atoms with Crippen LogP contribution >= 0.6 is 11.3 Å². The minimum Gasteiger partial charge on any atom is -0.393 e. The van der Waals surface area contributed by atoms with E-state index in [1.54, 1.807) is 11.1 Å². The van der Waals surface area contributed by atoms with Crippen LogP contribution < -0.4 is 0 Å². The number of rotatable bonds is 2. The van der Waals surface area contributed by atoms with E-state index < -0.39 is 0 Å². The number of thiophene rings is 1. The van der Waals surface area contributed by atoms with Crippen LogP contribution in [0.4, 0.5) is 0 Å². The third-order valence-electron chi connectivity index (χ3n) is 9.13. The molecule has 4 aliphatic rings. The molecule has 0 amide bonds. The van der Waals surface area contributed by atoms with Gasteiger partial charge < -0.3 is 5.11 Å². The summed E-state index contributed by atoms with van der Waals surface area (Å²) in [4.78, 5) is 0. The standard InChI is InChI=1S/C25H34OS/c1-4-16-13-18-14-19(26)7-10-24(18,2)22-8-11-25(3)20(17-9-12-27-15-17)5-6-21(25)23(16)22/h5,9,12-13,15-16,19,21-23,26H,4,6-8,10-11,14H2,1-3H3/t16?,19?,21-,22+,23-,24-,25+/m0/s1. The van der Waals surface area contributed by atoms with E-state index >= 15 is 0 Å². The Balaban J connectivity index is 1.54. The molecule has 1 aromatic heterocycles. The van der Waals surface area contributed by atoms with Crippen LogP contribution in [-0.2, 0) is 0 Å². The van der Waals surface area contributed by atoms with Gasteiger partial charge in [0.15, 0.2) is 0 Å². The van der Waals surface area contributed by atoms with Crippen LogP contribution in [-0.4, -0.2) is 11.2 Å². The first-order valence-electron chi connectivity index (χ1n) is 11.1. The van der Waals surface area contributed by atoms with Crippen LogP contribution in [0.3, 0.4) is 0 Å². The van der Waals surface area contributed by atoms with Crippen molar-refractivity contribution < 1.29 is 5.11 Å². The average Bonchev–Trinajstić information content (AvgIpc) is 3.28. The normalized spacial score (nSPS) is 46.1. The first-order chi connectivity index (χ1) is 13.0. The van der Waals surface area contributed by atoms with E-state index in [2.05, 4.69) is 49.7 Å². The molecule has 2 unspecified atom stereocenters. The fourth-order valence-corrected chi connectivity index (χ4v) is 8.29. The van der Waals surface area contributed by atoms with Crippen LogP contribution in [0, 0.1) is 34.5 Å². The molecule has 2 saturated carbocycles. The summed E-state index contributed by atoms with van der Waals surface area (Å²) >= 11 is 1.83. The lowest BCUT2D eigenvalue weighted by Gasteiger charge is -2.60. The van der Waals surface area contributed by atoms with Crippen molar-refractivity contribution >= 4 is 16.9 Å². The van der Waals surface area contributed by atoms with Crippen molar-refractivity contribution in [2.45, 2.75) is 71.8 Å². The Labute approximate surface area is 168 Å². The molecule has 0 saturated heterocycles. The topological polar surface area (TPSA) is 20.2 Å². The third-order valence-corrected chi connectivity index (χ3v) is 9.81. The summed E-state index contributed by atoms with van der Waals surface area (Å²) < 4.78 is 0. The molecule has 146 valence electrons.